The number of rotatable bonds is 1. The van der Waals surface area contributed by atoms with Gasteiger partial charge in [-0.15, -0.1) is 11.8 Å². The van der Waals surface area contributed by atoms with Gasteiger partial charge in [0.1, 0.15) is 5.82 Å². The molecule has 2 atom stereocenters. The molecule has 1 saturated heterocycles. The normalized spacial score (nSPS) is 25.2. The molecular formula is C12H13F4NS. The predicted octanol–water partition coefficient (Wildman–Crippen LogP) is 3.96. The highest BCUT2D eigenvalue weighted by atomic mass is 32.2. The lowest BCUT2D eigenvalue weighted by Crippen LogP contribution is -2.29. The summed E-state index contributed by atoms with van der Waals surface area (Å²) in [7, 11) is 0. The summed E-state index contributed by atoms with van der Waals surface area (Å²) >= 11 is 1.52. The quantitative estimate of drug-likeness (QED) is 0.781. The summed E-state index contributed by atoms with van der Waals surface area (Å²) in [6.45, 7) is 2.75. The van der Waals surface area contributed by atoms with E-state index < -0.39 is 17.6 Å². The van der Waals surface area contributed by atoms with Gasteiger partial charge in [-0.25, -0.2) is 4.39 Å². The van der Waals surface area contributed by atoms with Crippen molar-refractivity contribution in [3.05, 3.63) is 35.1 Å². The molecule has 0 spiro atoms. The molecule has 0 bridgehead atoms. The molecule has 0 saturated carbocycles. The van der Waals surface area contributed by atoms with Gasteiger partial charge in [-0.3, -0.25) is 0 Å². The van der Waals surface area contributed by atoms with E-state index in [2.05, 4.69) is 5.32 Å². The molecule has 1 fully saturated rings. The molecule has 1 nitrogen and oxygen atoms in total. The highest BCUT2D eigenvalue weighted by molar-refractivity contribution is 8.00. The zero-order valence-electron chi connectivity index (χ0n) is 9.72. The highest BCUT2D eigenvalue weighted by Gasteiger charge is 2.32. The Kier molecular flexibility index (Phi) is 3.87. The van der Waals surface area contributed by atoms with Gasteiger partial charge in [-0.05, 0) is 36.7 Å². The highest BCUT2D eigenvalue weighted by Crippen LogP contribution is 2.37. The second-order valence-corrected chi connectivity index (χ2v) is 5.89. The fourth-order valence-electron chi connectivity index (χ4n) is 1.89. The third kappa shape index (κ3) is 3.17. The first-order valence-electron chi connectivity index (χ1n) is 5.63. The van der Waals surface area contributed by atoms with Gasteiger partial charge in [0.2, 0.25) is 0 Å². The standard InChI is InChI=1S/C12H13F4NS/c1-7-2-3-17-11(18-7)8-4-9(12(14,15)16)6-10(13)5-8/h4-7,11,17H,2-3H2,1H3. The van der Waals surface area contributed by atoms with Gasteiger partial charge >= 0.3 is 6.18 Å². The van der Waals surface area contributed by atoms with Gasteiger partial charge in [0, 0.05) is 5.25 Å². The van der Waals surface area contributed by atoms with Crippen molar-refractivity contribution >= 4 is 11.8 Å². The molecule has 6 heteroatoms. The molecule has 0 amide bonds. The van der Waals surface area contributed by atoms with E-state index in [-0.39, 0.29) is 5.37 Å². The third-order valence-corrected chi connectivity index (χ3v) is 4.21. The fraction of sp³-hybridized carbons (Fsp3) is 0.500. The summed E-state index contributed by atoms with van der Waals surface area (Å²) < 4.78 is 51.1. The van der Waals surface area contributed by atoms with E-state index in [4.69, 9.17) is 0 Å². The lowest BCUT2D eigenvalue weighted by molar-refractivity contribution is -0.137. The van der Waals surface area contributed by atoms with E-state index in [9.17, 15) is 17.6 Å². The van der Waals surface area contributed by atoms with Crippen LogP contribution in [0.1, 0.15) is 29.8 Å². The lowest BCUT2D eigenvalue weighted by Gasteiger charge is -2.28. The Labute approximate surface area is 107 Å². The summed E-state index contributed by atoms with van der Waals surface area (Å²) in [5.74, 6) is -0.847. The van der Waals surface area contributed by atoms with Crippen molar-refractivity contribution in [2.75, 3.05) is 6.54 Å². The first-order valence-corrected chi connectivity index (χ1v) is 6.57. The van der Waals surface area contributed by atoms with E-state index >= 15 is 0 Å². The predicted molar refractivity (Wildman–Crippen MR) is 63.8 cm³/mol. The smallest absolute Gasteiger partial charge is 0.302 e. The molecule has 1 N–H and O–H groups in total. The molecule has 0 aliphatic carbocycles. The van der Waals surface area contributed by atoms with Crippen molar-refractivity contribution in [3.63, 3.8) is 0 Å². The molecule has 1 aromatic rings. The molecule has 100 valence electrons. The first-order chi connectivity index (χ1) is 8.36. The molecule has 1 heterocycles. The van der Waals surface area contributed by atoms with Crippen LogP contribution < -0.4 is 5.32 Å². The van der Waals surface area contributed by atoms with E-state index in [0.29, 0.717) is 16.9 Å². The molecular weight excluding hydrogens is 266 g/mol. The Morgan fingerprint density at radius 1 is 1.28 bits per heavy atom. The maximum absolute atomic E-state index is 13.3. The number of halogens is 4. The summed E-state index contributed by atoms with van der Waals surface area (Å²) in [5, 5.41) is 3.18. The lowest BCUT2D eigenvalue weighted by atomic mass is 10.1. The maximum Gasteiger partial charge on any atom is 0.416 e. The molecule has 1 aromatic carbocycles. The van der Waals surface area contributed by atoms with Crippen molar-refractivity contribution in [1.82, 2.24) is 5.32 Å². The van der Waals surface area contributed by atoms with Crippen LogP contribution in [0.25, 0.3) is 0 Å². The molecule has 2 rings (SSSR count). The van der Waals surface area contributed by atoms with Crippen molar-refractivity contribution in [3.8, 4) is 0 Å². The van der Waals surface area contributed by atoms with Crippen LogP contribution in [0.3, 0.4) is 0 Å². The van der Waals surface area contributed by atoms with Crippen molar-refractivity contribution in [2.45, 2.75) is 30.1 Å². The van der Waals surface area contributed by atoms with Crippen LogP contribution in [0.4, 0.5) is 17.6 Å². The Hall–Kier alpha value is -0.750. The maximum atomic E-state index is 13.3. The Morgan fingerprint density at radius 2 is 2.00 bits per heavy atom. The van der Waals surface area contributed by atoms with Crippen molar-refractivity contribution < 1.29 is 17.6 Å². The zero-order chi connectivity index (χ0) is 13.3. The topological polar surface area (TPSA) is 12.0 Å². The van der Waals surface area contributed by atoms with Crippen LogP contribution in [-0.2, 0) is 6.18 Å². The van der Waals surface area contributed by atoms with Crippen molar-refractivity contribution in [1.29, 1.82) is 0 Å². The minimum Gasteiger partial charge on any atom is -0.302 e. The number of thioether (sulfide) groups is 1. The Bertz CT molecular complexity index is 433. The monoisotopic (exact) mass is 279 g/mol. The molecule has 18 heavy (non-hydrogen) atoms. The average Bonchev–Trinajstić information content (AvgIpc) is 2.27. The minimum atomic E-state index is -4.51. The number of hydrogen-bond donors (Lipinski definition) is 1. The Balaban J connectivity index is 2.30. The van der Waals surface area contributed by atoms with E-state index in [1.54, 1.807) is 0 Å². The summed E-state index contributed by atoms with van der Waals surface area (Å²) in [6, 6.07) is 2.71. The van der Waals surface area contributed by atoms with Crippen LogP contribution in [-0.4, -0.2) is 11.8 Å². The number of alkyl halides is 3. The van der Waals surface area contributed by atoms with Crippen LogP contribution in [0, 0.1) is 5.82 Å². The number of nitrogens with one attached hydrogen (secondary N) is 1. The first kappa shape index (κ1) is 13.7. The summed E-state index contributed by atoms with van der Waals surface area (Å²) in [6.07, 6.45) is -3.55. The van der Waals surface area contributed by atoms with Gasteiger partial charge in [0.15, 0.2) is 0 Å². The average molecular weight is 279 g/mol. The van der Waals surface area contributed by atoms with Crippen LogP contribution in [0.15, 0.2) is 18.2 Å². The summed E-state index contributed by atoms with van der Waals surface area (Å²) in [4.78, 5) is 0. The molecule has 1 aliphatic rings. The van der Waals surface area contributed by atoms with Gasteiger partial charge < -0.3 is 5.32 Å². The number of benzene rings is 1. The van der Waals surface area contributed by atoms with Gasteiger partial charge in [-0.1, -0.05) is 6.92 Å². The van der Waals surface area contributed by atoms with E-state index in [0.717, 1.165) is 25.1 Å². The second-order valence-electron chi connectivity index (χ2n) is 4.34. The molecule has 1 aliphatic heterocycles. The molecule has 0 radical (unpaired) electrons. The van der Waals surface area contributed by atoms with Gasteiger partial charge in [-0.2, -0.15) is 13.2 Å². The second kappa shape index (κ2) is 5.09. The van der Waals surface area contributed by atoms with Crippen LogP contribution >= 0.6 is 11.8 Å². The van der Waals surface area contributed by atoms with Crippen LogP contribution in [0.5, 0.6) is 0 Å². The largest absolute Gasteiger partial charge is 0.416 e. The van der Waals surface area contributed by atoms with Crippen LogP contribution in [0.2, 0.25) is 0 Å². The number of hydrogen-bond acceptors (Lipinski definition) is 2. The molecule has 2 unspecified atom stereocenters. The zero-order valence-corrected chi connectivity index (χ0v) is 10.5. The van der Waals surface area contributed by atoms with Gasteiger partial charge in [0.25, 0.3) is 0 Å². The van der Waals surface area contributed by atoms with E-state index in [1.165, 1.54) is 11.8 Å². The Morgan fingerprint density at radius 3 is 2.61 bits per heavy atom. The van der Waals surface area contributed by atoms with Gasteiger partial charge in [0.05, 0.1) is 10.9 Å². The fourth-order valence-corrected chi connectivity index (χ4v) is 3.12. The van der Waals surface area contributed by atoms with Crippen molar-refractivity contribution in [2.24, 2.45) is 0 Å². The SMILES string of the molecule is CC1CCNC(c2cc(F)cc(C(F)(F)F)c2)S1. The third-order valence-electron chi connectivity index (χ3n) is 2.80. The minimum absolute atomic E-state index is 0.273. The molecule has 0 aromatic heterocycles. The van der Waals surface area contributed by atoms with E-state index in [1.807, 2.05) is 6.92 Å². The summed E-state index contributed by atoms with van der Waals surface area (Å²) in [5.41, 5.74) is -0.586.